The first-order valence-electron chi connectivity index (χ1n) is 5.67. The second-order valence-electron chi connectivity index (χ2n) is 4.14. The molecule has 1 saturated heterocycles. The highest BCUT2D eigenvalue weighted by Gasteiger charge is 2.17. The minimum atomic E-state index is -0.0565. The average Bonchev–Trinajstić information content (AvgIpc) is 2.60. The molecule has 0 aliphatic carbocycles. The van der Waals surface area contributed by atoms with Gasteiger partial charge < -0.3 is 10.2 Å². The molecule has 1 aromatic heterocycles. The number of aryl methyl sites for hydroxylation is 1. The van der Waals surface area contributed by atoms with Crippen LogP contribution in [0.5, 0.6) is 0 Å². The van der Waals surface area contributed by atoms with Crippen molar-refractivity contribution in [2.45, 2.75) is 33.1 Å². The quantitative estimate of drug-likeness (QED) is 0.862. The van der Waals surface area contributed by atoms with Gasteiger partial charge in [0.1, 0.15) is 5.00 Å². The maximum absolute atomic E-state index is 11.0. The lowest BCUT2D eigenvalue weighted by molar-refractivity contribution is -0.114. The summed E-state index contributed by atoms with van der Waals surface area (Å²) in [5.41, 5.74) is 1.02. The minimum Gasteiger partial charge on any atom is -0.362 e. The van der Waals surface area contributed by atoms with Crippen LogP contribution in [0.1, 0.15) is 31.9 Å². The van der Waals surface area contributed by atoms with E-state index in [1.165, 1.54) is 31.2 Å². The van der Waals surface area contributed by atoms with E-state index in [2.05, 4.69) is 15.2 Å². The Labute approximate surface area is 99.7 Å². The van der Waals surface area contributed by atoms with Gasteiger partial charge in [0.15, 0.2) is 5.13 Å². The summed E-state index contributed by atoms with van der Waals surface area (Å²) in [5.74, 6) is -0.0565. The molecule has 4 nitrogen and oxygen atoms in total. The van der Waals surface area contributed by atoms with Gasteiger partial charge in [-0.1, -0.05) is 11.3 Å². The number of amides is 1. The summed E-state index contributed by atoms with van der Waals surface area (Å²) < 4.78 is 0. The number of hydrogen-bond acceptors (Lipinski definition) is 4. The SMILES string of the molecule is CC(=O)Nc1nc(C)c(N2CCCCC2)s1. The molecule has 0 bridgehead atoms. The summed E-state index contributed by atoms with van der Waals surface area (Å²) in [6, 6.07) is 0. The van der Waals surface area contributed by atoms with Crippen LogP contribution in [0.25, 0.3) is 0 Å². The number of nitrogens with zero attached hydrogens (tertiary/aromatic N) is 2. The smallest absolute Gasteiger partial charge is 0.223 e. The van der Waals surface area contributed by atoms with Crippen molar-refractivity contribution in [3.63, 3.8) is 0 Å². The fraction of sp³-hybridized carbons (Fsp3) is 0.636. The first kappa shape index (κ1) is 11.4. The van der Waals surface area contributed by atoms with E-state index in [0.29, 0.717) is 5.13 Å². The maximum atomic E-state index is 11.0. The van der Waals surface area contributed by atoms with Crippen molar-refractivity contribution in [3.05, 3.63) is 5.69 Å². The van der Waals surface area contributed by atoms with Gasteiger partial charge in [-0.25, -0.2) is 4.98 Å². The molecule has 0 spiro atoms. The maximum Gasteiger partial charge on any atom is 0.223 e. The largest absolute Gasteiger partial charge is 0.362 e. The summed E-state index contributed by atoms with van der Waals surface area (Å²) in [4.78, 5) is 17.7. The van der Waals surface area contributed by atoms with E-state index in [4.69, 9.17) is 0 Å². The van der Waals surface area contributed by atoms with Gasteiger partial charge in [-0.3, -0.25) is 4.79 Å². The van der Waals surface area contributed by atoms with E-state index in [0.717, 1.165) is 18.8 Å². The predicted octanol–water partition coefficient (Wildman–Crippen LogP) is 2.40. The summed E-state index contributed by atoms with van der Waals surface area (Å²) in [5, 5.41) is 4.67. The standard InChI is InChI=1S/C11H17N3OS/c1-8-10(14-6-4-3-5-7-14)16-11(12-8)13-9(2)15/h3-7H2,1-2H3,(H,12,13,15). The van der Waals surface area contributed by atoms with Crippen LogP contribution in [0.3, 0.4) is 0 Å². The lowest BCUT2D eigenvalue weighted by Crippen LogP contribution is -2.29. The molecule has 1 aliphatic rings. The molecule has 16 heavy (non-hydrogen) atoms. The van der Waals surface area contributed by atoms with Crippen LogP contribution in [0, 0.1) is 6.92 Å². The van der Waals surface area contributed by atoms with Gasteiger partial charge in [0.25, 0.3) is 0 Å². The molecule has 1 fully saturated rings. The number of nitrogens with one attached hydrogen (secondary N) is 1. The van der Waals surface area contributed by atoms with Crippen molar-refractivity contribution in [1.29, 1.82) is 0 Å². The Hall–Kier alpha value is -1.10. The van der Waals surface area contributed by atoms with Crippen LogP contribution in [-0.4, -0.2) is 24.0 Å². The third kappa shape index (κ3) is 2.52. The lowest BCUT2D eigenvalue weighted by atomic mass is 10.1. The van der Waals surface area contributed by atoms with Crippen LogP contribution < -0.4 is 10.2 Å². The highest BCUT2D eigenvalue weighted by molar-refractivity contribution is 7.19. The third-order valence-electron chi connectivity index (χ3n) is 2.70. The number of carbonyl (C=O) groups is 1. The van der Waals surface area contributed by atoms with E-state index >= 15 is 0 Å². The number of piperidine rings is 1. The van der Waals surface area contributed by atoms with Crippen molar-refractivity contribution in [3.8, 4) is 0 Å². The summed E-state index contributed by atoms with van der Waals surface area (Å²) in [6.45, 7) is 5.74. The number of carbonyl (C=O) groups excluding carboxylic acids is 1. The van der Waals surface area contributed by atoms with Gasteiger partial charge >= 0.3 is 0 Å². The molecule has 0 unspecified atom stereocenters. The fourth-order valence-corrected chi connectivity index (χ4v) is 3.05. The van der Waals surface area contributed by atoms with Crippen molar-refractivity contribution in [1.82, 2.24) is 4.98 Å². The van der Waals surface area contributed by atoms with Gasteiger partial charge in [0, 0.05) is 20.0 Å². The summed E-state index contributed by atoms with van der Waals surface area (Å²) in [7, 11) is 0. The highest BCUT2D eigenvalue weighted by Crippen LogP contribution is 2.33. The van der Waals surface area contributed by atoms with Crippen LogP contribution in [-0.2, 0) is 4.79 Å². The molecule has 5 heteroatoms. The van der Waals surface area contributed by atoms with E-state index in [-0.39, 0.29) is 5.91 Å². The molecule has 88 valence electrons. The third-order valence-corrected chi connectivity index (χ3v) is 3.83. The van der Waals surface area contributed by atoms with Crippen LogP contribution >= 0.6 is 11.3 Å². The van der Waals surface area contributed by atoms with Crippen molar-refractivity contribution >= 4 is 27.4 Å². The molecule has 1 aliphatic heterocycles. The molecule has 2 heterocycles. The van der Waals surface area contributed by atoms with Gasteiger partial charge in [-0.2, -0.15) is 0 Å². The first-order valence-corrected chi connectivity index (χ1v) is 6.48. The highest BCUT2D eigenvalue weighted by atomic mass is 32.1. The Morgan fingerprint density at radius 1 is 1.38 bits per heavy atom. The predicted molar refractivity (Wildman–Crippen MR) is 67.2 cm³/mol. The first-order chi connectivity index (χ1) is 7.66. The normalized spacial score (nSPS) is 16.2. The number of aromatic nitrogens is 1. The molecule has 1 N–H and O–H groups in total. The zero-order valence-electron chi connectivity index (χ0n) is 9.75. The molecule has 1 amide bonds. The molecular formula is C11H17N3OS. The Balaban J connectivity index is 2.13. The van der Waals surface area contributed by atoms with E-state index in [1.54, 1.807) is 11.3 Å². The van der Waals surface area contributed by atoms with E-state index in [1.807, 2.05) is 6.92 Å². The summed E-state index contributed by atoms with van der Waals surface area (Å²) >= 11 is 1.58. The van der Waals surface area contributed by atoms with E-state index in [9.17, 15) is 4.79 Å². The second kappa shape index (κ2) is 4.82. The molecule has 0 aromatic carbocycles. The van der Waals surface area contributed by atoms with Gasteiger partial charge in [0.05, 0.1) is 5.69 Å². The van der Waals surface area contributed by atoms with Crippen LogP contribution in [0.2, 0.25) is 0 Å². The zero-order valence-corrected chi connectivity index (χ0v) is 10.6. The van der Waals surface area contributed by atoms with Crippen molar-refractivity contribution in [2.75, 3.05) is 23.3 Å². The van der Waals surface area contributed by atoms with E-state index < -0.39 is 0 Å². The summed E-state index contributed by atoms with van der Waals surface area (Å²) in [6.07, 6.45) is 3.84. The van der Waals surface area contributed by atoms with Gasteiger partial charge in [0.2, 0.25) is 5.91 Å². The number of hydrogen-bond donors (Lipinski definition) is 1. The number of anilines is 2. The van der Waals surface area contributed by atoms with Crippen molar-refractivity contribution < 1.29 is 4.79 Å². The number of thiazole rings is 1. The van der Waals surface area contributed by atoms with Crippen molar-refractivity contribution in [2.24, 2.45) is 0 Å². The second-order valence-corrected chi connectivity index (χ2v) is 5.12. The molecule has 0 saturated carbocycles. The Kier molecular flexibility index (Phi) is 3.43. The Morgan fingerprint density at radius 3 is 2.69 bits per heavy atom. The molecule has 2 rings (SSSR count). The topological polar surface area (TPSA) is 45.2 Å². The average molecular weight is 239 g/mol. The monoisotopic (exact) mass is 239 g/mol. The molecule has 0 atom stereocenters. The Morgan fingerprint density at radius 2 is 2.06 bits per heavy atom. The lowest BCUT2D eigenvalue weighted by Gasteiger charge is -2.27. The van der Waals surface area contributed by atoms with Gasteiger partial charge in [-0.15, -0.1) is 0 Å². The van der Waals surface area contributed by atoms with Gasteiger partial charge in [-0.05, 0) is 26.2 Å². The zero-order chi connectivity index (χ0) is 11.5. The number of rotatable bonds is 2. The Bertz CT molecular complexity index is 383. The minimum absolute atomic E-state index is 0.0565. The molecule has 1 aromatic rings. The molecular weight excluding hydrogens is 222 g/mol. The fourth-order valence-electron chi connectivity index (χ4n) is 1.98. The van der Waals surface area contributed by atoms with Crippen LogP contribution in [0.15, 0.2) is 0 Å². The molecule has 0 radical (unpaired) electrons. The van der Waals surface area contributed by atoms with Crippen LogP contribution in [0.4, 0.5) is 10.1 Å².